The zero-order chi connectivity index (χ0) is 15.4. The van der Waals surface area contributed by atoms with Gasteiger partial charge in [-0.25, -0.2) is 9.97 Å². The fraction of sp³-hybridized carbons (Fsp3) is 0.188. The predicted molar refractivity (Wildman–Crippen MR) is 80.4 cm³/mol. The summed E-state index contributed by atoms with van der Waals surface area (Å²) in [5.74, 6) is 1.15. The van der Waals surface area contributed by atoms with Crippen molar-refractivity contribution in [3.63, 3.8) is 0 Å². The van der Waals surface area contributed by atoms with E-state index in [9.17, 15) is 5.11 Å². The van der Waals surface area contributed by atoms with Gasteiger partial charge in [0.1, 0.15) is 11.9 Å². The summed E-state index contributed by atoms with van der Waals surface area (Å²) in [6, 6.07) is 7.36. The van der Waals surface area contributed by atoms with Gasteiger partial charge in [-0.3, -0.25) is 4.98 Å². The second-order valence-corrected chi connectivity index (χ2v) is 4.81. The highest BCUT2D eigenvalue weighted by Crippen LogP contribution is 2.20. The van der Waals surface area contributed by atoms with Crippen LogP contribution < -0.4 is 4.74 Å². The van der Waals surface area contributed by atoms with E-state index < -0.39 is 6.10 Å². The maximum Gasteiger partial charge on any atom is 0.212 e. The average Bonchev–Trinajstić information content (AvgIpc) is 3.04. The number of nitrogens with zero attached hydrogens (tertiary/aromatic N) is 4. The van der Waals surface area contributed by atoms with E-state index >= 15 is 0 Å². The minimum Gasteiger partial charge on any atom is -0.481 e. The molecule has 0 fully saturated rings. The number of aliphatic hydroxyl groups is 1. The molecule has 3 rings (SSSR count). The number of hydrogen-bond acceptors (Lipinski definition) is 5. The summed E-state index contributed by atoms with van der Waals surface area (Å²) in [6.07, 6.45) is 7.75. The highest BCUT2D eigenvalue weighted by Gasteiger charge is 2.16. The second kappa shape index (κ2) is 6.36. The molecule has 0 spiro atoms. The minimum atomic E-state index is -0.810. The van der Waals surface area contributed by atoms with E-state index in [0.717, 1.165) is 5.56 Å². The molecule has 3 aromatic heterocycles. The van der Waals surface area contributed by atoms with Crippen LogP contribution in [0.1, 0.15) is 23.1 Å². The van der Waals surface area contributed by atoms with E-state index in [2.05, 4.69) is 15.0 Å². The first-order valence-corrected chi connectivity index (χ1v) is 6.86. The molecule has 1 unspecified atom stereocenters. The summed E-state index contributed by atoms with van der Waals surface area (Å²) < 4.78 is 6.94. The van der Waals surface area contributed by atoms with Crippen molar-refractivity contribution in [3.8, 4) is 5.88 Å². The van der Waals surface area contributed by atoms with Crippen molar-refractivity contribution in [2.24, 2.45) is 0 Å². The Morgan fingerprint density at radius 3 is 2.77 bits per heavy atom. The monoisotopic (exact) mass is 296 g/mol. The first-order chi connectivity index (χ1) is 10.8. The lowest BCUT2D eigenvalue weighted by Crippen LogP contribution is -2.11. The Labute approximate surface area is 128 Å². The Balaban J connectivity index is 1.82. The molecule has 6 nitrogen and oxygen atoms in total. The van der Waals surface area contributed by atoms with Crippen LogP contribution in [0.4, 0.5) is 0 Å². The molecule has 3 aromatic rings. The third-order valence-corrected chi connectivity index (χ3v) is 3.35. The molecule has 22 heavy (non-hydrogen) atoms. The molecule has 0 radical (unpaired) electrons. The number of hydrogen-bond donors (Lipinski definition) is 1. The van der Waals surface area contributed by atoms with Crippen molar-refractivity contribution < 1.29 is 9.84 Å². The topological polar surface area (TPSA) is 73.1 Å². The molecule has 1 atom stereocenters. The fourth-order valence-electron chi connectivity index (χ4n) is 2.21. The van der Waals surface area contributed by atoms with Gasteiger partial charge in [-0.05, 0) is 11.6 Å². The van der Waals surface area contributed by atoms with Gasteiger partial charge in [0.05, 0.1) is 13.7 Å². The zero-order valence-electron chi connectivity index (χ0n) is 12.1. The number of imidazole rings is 1. The largest absolute Gasteiger partial charge is 0.481 e. The molecule has 0 aliphatic rings. The lowest BCUT2D eigenvalue weighted by atomic mass is 10.1. The number of rotatable bonds is 5. The summed E-state index contributed by atoms with van der Waals surface area (Å²) >= 11 is 0. The molecule has 0 saturated heterocycles. The third kappa shape index (κ3) is 2.96. The van der Waals surface area contributed by atoms with Crippen molar-refractivity contribution in [1.29, 1.82) is 0 Å². The van der Waals surface area contributed by atoms with E-state index in [0.29, 0.717) is 23.8 Å². The fourth-order valence-corrected chi connectivity index (χ4v) is 2.21. The van der Waals surface area contributed by atoms with Gasteiger partial charge in [-0.2, -0.15) is 0 Å². The van der Waals surface area contributed by atoms with Crippen molar-refractivity contribution >= 4 is 0 Å². The lowest BCUT2D eigenvalue weighted by molar-refractivity contribution is 0.205. The van der Waals surface area contributed by atoms with Gasteiger partial charge in [-0.15, -0.1) is 0 Å². The van der Waals surface area contributed by atoms with Gasteiger partial charge in [0.25, 0.3) is 0 Å². The summed E-state index contributed by atoms with van der Waals surface area (Å²) in [6.45, 7) is 0.573. The van der Waals surface area contributed by atoms with Gasteiger partial charge in [0, 0.05) is 42.6 Å². The van der Waals surface area contributed by atoms with Crippen LogP contribution in [0.5, 0.6) is 5.88 Å². The van der Waals surface area contributed by atoms with Crippen LogP contribution in [0.15, 0.2) is 55.2 Å². The normalized spacial score (nSPS) is 12.1. The van der Waals surface area contributed by atoms with Crippen LogP contribution in [0.25, 0.3) is 0 Å². The maximum absolute atomic E-state index is 10.5. The van der Waals surface area contributed by atoms with Gasteiger partial charge in [0.2, 0.25) is 5.88 Å². The molecule has 0 bridgehead atoms. The van der Waals surface area contributed by atoms with Gasteiger partial charge in [0.15, 0.2) is 0 Å². The first-order valence-electron chi connectivity index (χ1n) is 6.86. The molecular formula is C16H16N4O2. The quantitative estimate of drug-likeness (QED) is 0.777. The molecule has 1 N–H and O–H groups in total. The Kier molecular flexibility index (Phi) is 4.11. The van der Waals surface area contributed by atoms with E-state index in [-0.39, 0.29) is 0 Å². The predicted octanol–water partition coefficient (Wildman–Crippen LogP) is 1.81. The third-order valence-electron chi connectivity index (χ3n) is 3.35. The Morgan fingerprint density at radius 1 is 1.18 bits per heavy atom. The molecule has 112 valence electrons. The van der Waals surface area contributed by atoms with E-state index in [4.69, 9.17) is 4.74 Å². The summed E-state index contributed by atoms with van der Waals surface area (Å²) in [4.78, 5) is 12.5. The van der Waals surface area contributed by atoms with Crippen LogP contribution in [0, 0.1) is 0 Å². The molecule has 0 aromatic carbocycles. The molecule has 0 aliphatic heterocycles. The first kappa shape index (κ1) is 14.2. The van der Waals surface area contributed by atoms with Crippen molar-refractivity contribution in [3.05, 3.63) is 72.2 Å². The van der Waals surface area contributed by atoms with Crippen molar-refractivity contribution in [2.75, 3.05) is 7.11 Å². The standard InChI is InChI=1S/C16H16N4O2/c1-22-14-5-4-12(9-19-14)11-20-8-7-18-16(20)15(21)13-3-2-6-17-10-13/h2-10,15,21H,11H2,1H3. The molecule has 0 saturated carbocycles. The van der Waals surface area contributed by atoms with Crippen molar-refractivity contribution in [1.82, 2.24) is 19.5 Å². The molecule has 0 aliphatic carbocycles. The van der Waals surface area contributed by atoms with Crippen LogP contribution in [-0.2, 0) is 6.54 Å². The Hall–Kier alpha value is -2.73. The smallest absolute Gasteiger partial charge is 0.212 e. The lowest BCUT2D eigenvalue weighted by Gasteiger charge is -2.13. The molecule has 0 amide bonds. The van der Waals surface area contributed by atoms with Crippen molar-refractivity contribution in [2.45, 2.75) is 12.6 Å². The highest BCUT2D eigenvalue weighted by atomic mass is 16.5. The van der Waals surface area contributed by atoms with Crippen LogP contribution >= 0.6 is 0 Å². The molecule has 3 heterocycles. The van der Waals surface area contributed by atoms with Crippen LogP contribution in [0.2, 0.25) is 0 Å². The summed E-state index contributed by atoms with van der Waals surface area (Å²) in [5.41, 5.74) is 1.71. The van der Waals surface area contributed by atoms with Gasteiger partial charge in [-0.1, -0.05) is 12.1 Å². The van der Waals surface area contributed by atoms with Crippen LogP contribution in [-0.4, -0.2) is 31.7 Å². The highest BCUT2D eigenvalue weighted by molar-refractivity contribution is 5.22. The number of aliphatic hydroxyl groups excluding tert-OH is 1. The SMILES string of the molecule is COc1ccc(Cn2ccnc2C(O)c2cccnc2)cn1. The van der Waals surface area contributed by atoms with E-state index in [1.165, 1.54) is 0 Å². The second-order valence-electron chi connectivity index (χ2n) is 4.81. The van der Waals surface area contributed by atoms with Crippen LogP contribution in [0.3, 0.4) is 0 Å². The summed E-state index contributed by atoms with van der Waals surface area (Å²) in [7, 11) is 1.58. The number of ether oxygens (including phenoxy) is 1. The number of pyridine rings is 2. The molecule has 6 heteroatoms. The van der Waals surface area contributed by atoms with Gasteiger partial charge >= 0.3 is 0 Å². The summed E-state index contributed by atoms with van der Waals surface area (Å²) in [5, 5.41) is 10.5. The molecular weight excluding hydrogens is 280 g/mol. The van der Waals surface area contributed by atoms with E-state index in [1.54, 1.807) is 38.0 Å². The zero-order valence-corrected chi connectivity index (χ0v) is 12.1. The number of aromatic nitrogens is 4. The Bertz CT molecular complexity index is 725. The van der Waals surface area contributed by atoms with E-state index in [1.807, 2.05) is 29.0 Å². The van der Waals surface area contributed by atoms with Gasteiger partial charge < -0.3 is 14.4 Å². The maximum atomic E-state index is 10.5. The number of methoxy groups -OCH3 is 1. The minimum absolute atomic E-state index is 0.573. The average molecular weight is 296 g/mol. The Morgan fingerprint density at radius 2 is 2.09 bits per heavy atom.